The Balaban J connectivity index is 2.01. The third-order valence-electron chi connectivity index (χ3n) is 2.76. The summed E-state index contributed by atoms with van der Waals surface area (Å²) >= 11 is 1.18. The molecular weight excluding hydrogens is 326 g/mol. The normalized spacial score (nSPS) is 17.1. The van der Waals surface area contributed by atoms with E-state index >= 15 is 0 Å². The van der Waals surface area contributed by atoms with Crippen LogP contribution in [0.5, 0.6) is 0 Å². The third kappa shape index (κ3) is 1.77. The van der Waals surface area contributed by atoms with E-state index in [1.165, 1.54) is 5.56 Å². The van der Waals surface area contributed by atoms with Crippen molar-refractivity contribution >= 4 is 38.8 Å². The first kappa shape index (κ1) is 10.6. The van der Waals surface area contributed by atoms with Crippen molar-refractivity contribution in [3.8, 4) is 0 Å². The maximum absolute atomic E-state index is 2.43. The van der Waals surface area contributed by atoms with Crippen LogP contribution in [0.4, 0.5) is 0 Å². The minimum atomic E-state index is 0.422. The average molecular weight is 338 g/mol. The summed E-state index contributed by atoms with van der Waals surface area (Å²) in [7, 11) is 0. The van der Waals surface area contributed by atoms with E-state index in [4.69, 9.17) is 0 Å². The molecule has 2 aromatic carbocycles. The fourth-order valence-corrected chi connectivity index (χ4v) is 9.47. The van der Waals surface area contributed by atoms with E-state index in [2.05, 4.69) is 61.5 Å². The summed E-state index contributed by atoms with van der Waals surface area (Å²) in [5.74, 6) is 0. The molecule has 0 aliphatic carbocycles. The van der Waals surface area contributed by atoms with Crippen LogP contribution in [0.1, 0.15) is 12.5 Å². The molecule has 0 bridgehead atoms. The van der Waals surface area contributed by atoms with E-state index in [-0.39, 0.29) is 0 Å². The quantitative estimate of drug-likeness (QED) is 0.687. The fourth-order valence-electron chi connectivity index (χ4n) is 1.92. The van der Waals surface area contributed by atoms with Gasteiger partial charge in [0.15, 0.2) is 0 Å². The van der Waals surface area contributed by atoms with Crippen molar-refractivity contribution in [1.82, 2.24) is 0 Å². The number of fused-ring (bicyclic) bond motifs is 1. The average Bonchev–Trinajstić information content (AvgIpc) is 2.68. The van der Waals surface area contributed by atoms with Gasteiger partial charge in [0.1, 0.15) is 0 Å². The van der Waals surface area contributed by atoms with E-state index in [1.807, 2.05) is 0 Å². The molecule has 3 rings (SSSR count). The zero-order valence-electron chi connectivity index (χ0n) is 9.01. The van der Waals surface area contributed by atoms with Gasteiger partial charge in [-0.2, -0.15) is 0 Å². The van der Waals surface area contributed by atoms with Crippen molar-refractivity contribution in [1.29, 1.82) is 0 Å². The van der Waals surface area contributed by atoms with Crippen molar-refractivity contribution in [3.05, 3.63) is 60.2 Å². The third-order valence-corrected chi connectivity index (χ3v) is 10.3. The van der Waals surface area contributed by atoms with Crippen LogP contribution in [0.15, 0.2) is 54.6 Å². The van der Waals surface area contributed by atoms with Crippen molar-refractivity contribution in [2.45, 2.75) is 10.1 Å². The van der Waals surface area contributed by atoms with Gasteiger partial charge in [-0.3, -0.25) is 0 Å². The molecule has 80 valence electrons. The molecule has 0 aromatic heterocycles. The van der Waals surface area contributed by atoms with Gasteiger partial charge >= 0.3 is 109 Å². The predicted molar refractivity (Wildman–Crippen MR) is 71.0 cm³/mol. The molecule has 0 nitrogen and oxygen atoms in total. The first-order chi connectivity index (χ1) is 7.78. The van der Waals surface area contributed by atoms with Crippen LogP contribution in [-0.2, 0) is 3.21 Å². The Bertz CT molecular complexity index is 480. The number of hydrogen-bond acceptors (Lipinski definition) is 0. The van der Waals surface area contributed by atoms with E-state index in [0.717, 1.165) is 0 Å². The van der Waals surface area contributed by atoms with Crippen LogP contribution < -0.4 is 8.92 Å². The minimum absolute atomic E-state index is 0.422. The summed E-state index contributed by atoms with van der Waals surface area (Å²) in [6, 6.07) is 20.0. The molecule has 16 heavy (non-hydrogen) atoms. The Morgan fingerprint density at radius 1 is 0.750 bits per heavy atom. The Morgan fingerprint density at radius 3 is 1.81 bits per heavy atom. The van der Waals surface area contributed by atoms with Crippen molar-refractivity contribution in [2.75, 3.05) is 0 Å². The summed E-state index contributed by atoms with van der Waals surface area (Å²) in [5.41, 5.74) is 1.52. The van der Waals surface area contributed by atoms with Gasteiger partial charge in [0.25, 0.3) is 0 Å². The van der Waals surface area contributed by atoms with Gasteiger partial charge in [0.05, 0.1) is 0 Å². The molecule has 0 N–H and O–H groups in total. The topological polar surface area (TPSA) is 0 Å². The van der Waals surface area contributed by atoms with Crippen LogP contribution in [0.2, 0.25) is 0 Å². The molecule has 0 amide bonds. The Kier molecular flexibility index (Phi) is 2.69. The van der Waals surface area contributed by atoms with Gasteiger partial charge in [0.2, 0.25) is 0 Å². The molecule has 2 aromatic rings. The van der Waals surface area contributed by atoms with Gasteiger partial charge in [-0.05, 0) is 0 Å². The van der Waals surface area contributed by atoms with Crippen molar-refractivity contribution < 1.29 is 0 Å². The van der Waals surface area contributed by atoms with E-state index < -0.39 is 0 Å². The zero-order valence-corrected chi connectivity index (χ0v) is 12.4. The Hall–Kier alpha value is -0.521. The first-order valence-corrected chi connectivity index (χ1v) is 8.73. The molecule has 1 aliphatic rings. The maximum atomic E-state index is 2.43. The second-order valence-electron chi connectivity index (χ2n) is 3.96. The summed E-state index contributed by atoms with van der Waals surface area (Å²) < 4.78 is 3.65. The standard InChI is InChI=1S/C14H12Se2/c1-14(11-7-3-2-4-8-11)15-12-9-5-6-10-13(12)16-14/h2-10H,1H3. The van der Waals surface area contributed by atoms with Crippen LogP contribution >= 0.6 is 0 Å². The number of benzene rings is 2. The molecule has 0 saturated heterocycles. The Labute approximate surface area is 109 Å². The summed E-state index contributed by atoms with van der Waals surface area (Å²) in [6.07, 6.45) is 0. The summed E-state index contributed by atoms with van der Waals surface area (Å²) in [6.45, 7) is 2.43. The van der Waals surface area contributed by atoms with Gasteiger partial charge < -0.3 is 0 Å². The summed E-state index contributed by atoms with van der Waals surface area (Å²) in [5, 5.41) is 0. The Morgan fingerprint density at radius 2 is 1.25 bits per heavy atom. The van der Waals surface area contributed by atoms with Gasteiger partial charge in [-0.1, -0.05) is 0 Å². The van der Waals surface area contributed by atoms with E-state index in [9.17, 15) is 0 Å². The molecule has 0 spiro atoms. The molecule has 1 heterocycles. The monoisotopic (exact) mass is 340 g/mol. The SMILES string of the molecule is CC1(c2ccccc2)[Se]c2ccccc2[Se]1. The molecular formula is C14H12Se2. The van der Waals surface area contributed by atoms with E-state index in [1.54, 1.807) is 8.92 Å². The second-order valence-corrected chi connectivity index (χ2v) is 11.4. The first-order valence-electron chi connectivity index (χ1n) is 5.30. The van der Waals surface area contributed by atoms with Crippen LogP contribution in [-0.4, -0.2) is 29.9 Å². The number of rotatable bonds is 1. The zero-order chi connectivity index (χ0) is 11.0. The van der Waals surface area contributed by atoms with Gasteiger partial charge in [-0.25, -0.2) is 0 Å². The van der Waals surface area contributed by atoms with E-state index in [0.29, 0.717) is 33.1 Å². The predicted octanol–water partition coefficient (Wildman–Crippen LogP) is 1.23. The second kappa shape index (κ2) is 4.05. The molecule has 0 fully saturated rings. The van der Waals surface area contributed by atoms with Gasteiger partial charge in [0, 0.05) is 0 Å². The molecule has 1 aliphatic heterocycles. The molecule has 0 unspecified atom stereocenters. The molecule has 0 atom stereocenters. The summed E-state index contributed by atoms with van der Waals surface area (Å²) in [4.78, 5) is 0. The van der Waals surface area contributed by atoms with Crippen LogP contribution in [0, 0.1) is 0 Å². The van der Waals surface area contributed by atoms with Crippen LogP contribution in [0.25, 0.3) is 0 Å². The molecule has 0 radical (unpaired) electrons. The fraction of sp³-hybridized carbons (Fsp3) is 0.143. The molecule has 0 saturated carbocycles. The van der Waals surface area contributed by atoms with Crippen LogP contribution in [0.3, 0.4) is 0 Å². The van der Waals surface area contributed by atoms with Crippen molar-refractivity contribution in [2.24, 2.45) is 0 Å². The van der Waals surface area contributed by atoms with Gasteiger partial charge in [-0.15, -0.1) is 0 Å². The number of hydrogen-bond donors (Lipinski definition) is 0. The molecule has 2 heteroatoms. The van der Waals surface area contributed by atoms with Crippen molar-refractivity contribution in [3.63, 3.8) is 0 Å².